The Kier molecular flexibility index (Phi) is 4.74. The second-order valence-electron chi connectivity index (χ2n) is 4.58. The van der Waals surface area contributed by atoms with Crippen LogP contribution >= 0.6 is 15.9 Å². The predicted octanol–water partition coefficient (Wildman–Crippen LogP) is 2.92. The number of benzene rings is 1. The molecule has 0 saturated heterocycles. The smallest absolute Gasteiger partial charge is 0.131 e. The lowest BCUT2D eigenvalue weighted by atomic mass is 10.0. The fourth-order valence-electron chi connectivity index (χ4n) is 2.28. The van der Waals surface area contributed by atoms with E-state index in [1.807, 2.05) is 18.5 Å². The molecule has 0 aliphatic rings. The summed E-state index contributed by atoms with van der Waals surface area (Å²) in [6.45, 7) is 5.18. The number of aromatic nitrogens is 2. The molecule has 0 amide bonds. The molecule has 5 heteroatoms. The molecule has 0 aliphatic carbocycles. The number of rotatable bonds is 5. The Hall–Kier alpha value is -1.17. The first-order chi connectivity index (χ1) is 9.17. The van der Waals surface area contributed by atoms with Crippen LogP contribution in [0.3, 0.4) is 0 Å². The van der Waals surface area contributed by atoms with Crippen LogP contribution in [0, 0.1) is 6.92 Å². The van der Waals surface area contributed by atoms with E-state index in [9.17, 15) is 0 Å². The van der Waals surface area contributed by atoms with Gasteiger partial charge in [0.1, 0.15) is 11.9 Å². The van der Waals surface area contributed by atoms with Crippen LogP contribution in [0.4, 0.5) is 0 Å². The topological polar surface area (TPSA) is 55.9 Å². The van der Waals surface area contributed by atoms with Gasteiger partial charge in [0, 0.05) is 23.4 Å². The third kappa shape index (κ3) is 3.05. The summed E-state index contributed by atoms with van der Waals surface area (Å²) in [6.07, 6.45) is 4.89. The van der Waals surface area contributed by atoms with E-state index in [-0.39, 0.29) is 6.04 Å². The minimum Gasteiger partial charge on any atom is -0.333 e. The molecule has 19 heavy (non-hydrogen) atoms. The monoisotopic (exact) mass is 322 g/mol. The first-order valence-corrected chi connectivity index (χ1v) is 7.19. The van der Waals surface area contributed by atoms with Crippen LogP contribution in [0.1, 0.15) is 36.3 Å². The highest BCUT2D eigenvalue weighted by Gasteiger charge is 2.19. The van der Waals surface area contributed by atoms with Crippen LogP contribution in [0.25, 0.3) is 0 Å². The van der Waals surface area contributed by atoms with Crippen molar-refractivity contribution in [2.45, 2.75) is 32.9 Å². The van der Waals surface area contributed by atoms with Crippen molar-refractivity contribution in [1.29, 1.82) is 0 Å². The van der Waals surface area contributed by atoms with Gasteiger partial charge in [0.05, 0.1) is 0 Å². The minimum atomic E-state index is -0.0883. The quantitative estimate of drug-likeness (QED) is 0.657. The molecule has 102 valence electrons. The molecule has 1 aromatic carbocycles. The largest absolute Gasteiger partial charge is 0.333 e. The zero-order chi connectivity index (χ0) is 13.8. The van der Waals surface area contributed by atoms with Gasteiger partial charge in [0.25, 0.3) is 0 Å². The first kappa shape index (κ1) is 14.2. The summed E-state index contributed by atoms with van der Waals surface area (Å²) in [5, 5.41) is 0. The van der Waals surface area contributed by atoms with Gasteiger partial charge in [-0.15, -0.1) is 0 Å². The Morgan fingerprint density at radius 2 is 2.26 bits per heavy atom. The van der Waals surface area contributed by atoms with Gasteiger partial charge in [0.2, 0.25) is 0 Å². The maximum absolute atomic E-state index is 5.75. The fourth-order valence-corrected chi connectivity index (χ4v) is 2.75. The highest BCUT2D eigenvalue weighted by Crippen LogP contribution is 2.25. The van der Waals surface area contributed by atoms with E-state index in [1.165, 1.54) is 5.56 Å². The Morgan fingerprint density at radius 3 is 2.89 bits per heavy atom. The van der Waals surface area contributed by atoms with E-state index in [0.29, 0.717) is 0 Å². The lowest BCUT2D eigenvalue weighted by Gasteiger charge is -2.19. The van der Waals surface area contributed by atoms with Gasteiger partial charge in [-0.25, -0.2) is 10.4 Å². The van der Waals surface area contributed by atoms with Crippen LogP contribution in [0.15, 0.2) is 35.1 Å². The zero-order valence-corrected chi connectivity index (χ0v) is 12.8. The number of nitrogens with zero attached hydrogens (tertiary/aromatic N) is 2. The summed E-state index contributed by atoms with van der Waals surface area (Å²) >= 11 is 3.48. The molecule has 0 bridgehead atoms. The molecular weight excluding hydrogens is 304 g/mol. The molecule has 4 nitrogen and oxygen atoms in total. The van der Waals surface area contributed by atoms with E-state index < -0.39 is 0 Å². The number of halogens is 1. The van der Waals surface area contributed by atoms with E-state index in [0.717, 1.165) is 28.8 Å². The first-order valence-electron chi connectivity index (χ1n) is 6.40. The SMILES string of the molecule is CCCn1ccnc1C(NN)c1ccc(Br)cc1C. The van der Waals surface area contributed by atoms with Crippen molar-refractivity contribution < 1.29 is 0 Å². The van der Waals surface area contributed by atoms with Gasteiger partial charge in [0.15, 0.2) is 0 Å². The molecule has 0 radical (unpaired) electrons. The molecule has 1 unspecified atom stereocenters. The molecule has 1 heterocycles. The van der Waals surface area contributed by atoms with Crippen molar-refractivity contribution in [3.05, 3.63) is 52.0 Å². The van der Waals surface area contributed by atoms with Gasteiger partial charge >= 0.3 is 0 Å². The highest BCUT2D eigenvalue weighted by atomic mass is 79.9. The third-order valence-corrected chi connectivity index (χ3v) is 3.67. The van der Waals surface area contributed by atoms with E-state index in [2.05, 4.69) is 56.9 Å². The van der Waals surface area contributed by atoms with E-state index in [1.54, 1.807) is 0 Å². The Morgan fingerprint density at radius 1 is 1.47 bits per heavy atom. The Bertz CT molecular complexity index is 550. The van der Waals surface area contributed by atoms with Crippen molar-refractivity contribution >= 4 is 15.9 Å². The van der Waals surface area contributed by atoms with Crippen LogP contribution in [-0.4, -0.2) is 9.55 Å². The van der Waals surface area contributed by atoms with Crippen LogP contribution < -0.4 is 11.3 Å². The maximum atomic E-state index is 5.75. The van der Waals surface area contributed by atoms with Crippen molar-refractivity contribution in [3.63, 3.8) is 0 Å². The van der Waals surface area contributed by atoms with Gasteiger partial charge in [-0.1, -0.05) is 28.9 Å². The molecule has 0 spiro atoms. The van der Waals surface area contributed by atoms with Crippen LogP contribution in [0.2, 0.25) is 0 Å². The van der Waals surface area contributed by atoms with Gasteiger partial charge in [-0.2, -0.15) is 0 Å². The average Bonchev–Trinajstić information content (AvgIpc) is 2.82. The number of aryl methyl sites for hydroxylation is 2. The summed E-state index contributed by atoms with van der Waals surface area (Å²) in [5.74, 6) is 6.71. The number of nitrogens with one attached hydrogen (secondary N) is 1. The van der Waals surface area contributed by atoms with Gasteiger partial charge in [-0.05, 0) is 36.6 Å². The van der Waals surface area contributed by atoms with Crippen LogP contribution in [-0.2, 0) is 6.54 Å². The standard InChI is InChI=1S/C14H19BrN4/c1-3-7-19-8-6-17-14(19)13(18-16)12-5-4-11(15)9-10(12)2/h4-6,8-9,13,18H,3,7,16H2,1-2H3. The molecule has 0 aliphatic heterocycles. The predicted molar refractivity (Wildman–Crippen MR) is 80.6 cm³/mol. The second-order valence-corrected chi connectivity index (χ2v) is 5.50. The van der Waals surface area contributed by atoms with Crippen molar-refractivity contribution in [2.75, 3.05) is 0 Å². The van der Waals surface area contributed by atoms with Gasteiger partial charge < -0.3 is 4.57 Å². The summed E-state index contributed by atoms with van der Waals surface area (Å²) in [7, 11) is 0. The van der Waals surface area contributed by atoms with Crippen molar-refractivity contribution in [2.24, 2.45) is 5.84 Å². The summed E-state index contributed by atoms with van der Waals surface area (Å²) < 4.78 is 3.22. The lowest BCUT2D eigenvalue weighted by Crippen LogP contribution is -2.31. The molecular formula is C14H19BrN4. The fraction of sp³-hybridized carbons (Fsp3) is 0.357. The molecule has 2 aromatic rings. The Balaban J connectivity index is 2.41. The lowest BCUT2D eigenvalue weighted by molar-refractivity contribution is 0.543. The third-order valence-electron chi connectivity index (χ3n) is 3.18. The molecule has 1 atom stereocenters. The number of hydrazine groups is 1. The molecule has 0 saturated carbocycles. The van der Waals surface area contributed by atoms with Gasteiger partial charge in [-0.3, -0.25) is 5.84 Å². The number of hydrogen-bond acceptors (Lipinski definition) is 3. The molecule has 3 N–H and O–H groups in total. The number of imidazole rings is 1. The second kappa shape index (κ2) is 6.32. The highest BCUT2D eigenvalue weighted by molar-refractivity contribution is 9.10. The number of nitrogens with two attached hydrogens (primary N) is 1. The average molecular weight is 323 g/mol. The molecule has 1 aromatic heterocycles. The van der Waals surface area contributed by atoms with Crippen molar-refractivity contribution in [1.82, 2.24) is 15.0 Å². The minimum absolute atomic E-state index is 0.0883. The normalized spacial score (nSPS) is 12.6. The summed E-state index contributed by atoms with van der Waals surface area (Å²) in [5.41, 5.74) is 5.21. The van der Waals surface area contributed by atoms with E-state index in [4.69, 9.17) is 5.84 Å². The van der Waals surface area contributed by atoms with Crippen LogP contribution in [0.5, 0.6) is 0 Å². The summed E-state index contributed by atoms with van der Waals surface area (Å²) in [6, 6.07) is 6.11. The Labute approximate surface area is 122 Å². The zero-order valence-electron chi connectivity index (χ0n) is 11.2. The van der Waals surface area contributed by atoms with Crippen molar-refractivity contribution in [3.8, 4) is 0 Å². The summed E-state index contributed by atoms with van der Waals surface area (Å²) in [4.78, 5) is 4.45. The molecule has 2 rings (SSSR count). The van der Waals surface area contributed by atoms with E-state index >= 15 is 0 Å². The number of hydrogen-bond donors (Lipinski definition) is 2. The maximum Gasteiger partial charge on any atom is 0.131 e. The molecule has 0 fully saturated rings.